The molecule has 0 unspecified atom stereocenters. The molecular formula is C10H24N2. The largest absolute Gasteiger partial charge is 0.330 e. The highest BCUT2D eigenvalue weighted by molar-refractivity contribution is 4.56. The zero-order valence-corrected chi connectivity index (χ0v) is 8.84. The zero-order chi connectivity index (χ0) is 9.40. The van der Waals surface area contributed by atoms with Gasteiger partial charge in [0.25, 0.3) is 0 Å². The van der Waals surface area contributed by atoms with Gasteiger partial charge in [0.1, 0.15) is 0 Å². The third kappa shape index (κ3) is 6.62. The number of hydrogen-bond donors (Lipinski definition) is 1. The van der Waals surface area contributed by atoms with E-state index in [0.29, 0.717) is 6.04 Å². The number of nitrogens with two attached hydrogens (primary N) is 1. The normalized spacial score (nSPS) is 11.5. The molecule has 0 aromatic heterocycles. The van der Waals surface area contributed by atoms with Gasteiger partial charge in [-0.05, 0) is 46.8 Å². The molecule has 0 aromatic carbocycles. The molecular weight excluding hydrogens is 148 g/mol. The van der Waals surface area contributed by atoms with Crippen LogP contribution >= 0.6 is 0 Å². The van der Waals surface area contributed by atoms with Crippen LogP contribution in [0.2, 0.25) is 0 Å². The van der Waals surface area contributed by atoms with Crippen LogP contribution in [-0.2, 0) is 0 Å². The number of hydrogen-bond acceptors (Lipinski definition) is 2. The summed E-state index contributed by atoms with van der Waals surface area (Å²) in [6.45, 7) is 6.54. The summed E-state index contributed by atoms with van der Waals surface area (Å²) in [5.41, 5.74) is 5.41. The van der Waals surface area contributed by atoms with Crippen molar-refractivity contribution in [2.75, 3.05) is 20.1 Å². The van der Waals surface area contributed by atoms with Crippen LogP contribution in [0.5, 0.6) is 0 Å². The highest BCUT2D eigenvalue weighted by Gasteiger charge is 2.00. The van der Waals surface area contributed by atoms with E-state index in [0.717, 1.165) is 6.54 Å². The molecule has 12 heavy (non-hydrogen) atoms. The quantitative estimate of drug-likeness (QED) is 0.594. The molecule has 74 valence electrons. The first-order valence-corrected chi connectivity index (χ1v) is 5.08. The SMILES string of the molecule is CC(C)N(C)CCCCCCN. The summed E-state index contributed by atoms with van der Waals surface area (Å²) in [6.07, 6.45) is 5.12. The monoisotopic (exact) mass is 172 g/mol. The molecule has 0 aliphatic carbocycles. The summed E-state index contributed by atoms with van der Waals surface area (Å²) < 4.78 is 0. The highest BCUT2D eigenvalue weighted by atomic mass is 15.1. The molecule has 0 atom stereocenters. The highest BCUT2D eigenvalue weighted by Crippen LogP contribution is 2.01. The molecule has 0 aliphatic rings. The van der Waals surface area contributed by atoms with Crippen molar-refractivity contribution in [3.63, 3.8) is 0 Å². The molecule has 0 spiro atoms. The Hall–Kier alpha value is -0.0800. The van der Waals surface area contributed by atoms with Crippen molar-refractivity contribution in [3.8, 4) is 0 Å². The third-order valence-corrected chi connectivity index (χ3v) is 2.35. The van der Waals surface area contributed by atoms with E-state index >= 15 is 0 Å². The van der Waals surface area contributed by atoms with E-state index in [9.17, 15) is 0 Å². The Balaban J connectivity index is 3.08. The molecule has 0 radical (unpaired) electrons. The van der Waals surface area contributed by atoms with E-state index in [1.807, 2.05) is 0 Å². The van der Waals surface area contributed by atoms with Gasteiger partial charge >= 0.3 is 0 Å². The van der Waals surface area contributed by atoms with Gasteiger partial charge in [0.2, 0.25) is 0 Å². The molecule has 2 nitrogen and oxygen atoms in total. The topological polar surface area (TPSA) is 29.3 Å². The average molecular weight is 172 g/mol. The molecule has 0 bridgehead atoms. The average Bonchev–Trinajstić information content (AvgIpc) is 2.03. The number of unbranched alkanes of at least 4 members (excludes halogenated alkanes) is 3. The first kappa shape index (κ1) is 11.9. The van der Waals surface area contributed by atoms with Gasteiger partial charge in [-0.25, -0.2) is 0 Å². The van der Waals surface area contributed by atoms with Crippen molar-refractivity contribution in [1.29, 1.82) is 0 Å². The van der Waals surface area contributed by atoms with E-state index in [-0.39, 0.29) is 0 Å². The minimum absolute atomic E-state index is 0.680. The van der Waals surface area contributed by atoms with Crippen LogP contribution in [0.3, 0.4) is 0 Å². The van der Waals surface area contributed by atoms with Crippen molar-refractivity contribution in [3.05, 3.63) is 0 Å². The second kappa shape index (κ2) is 7.56. The maximum atomic E-state index is 5.41. The van der Waals surface area contributed by atoms with Gasteiger partial charge in [0.05, 0.1) is 0 Å². The van der Waals surface area contributed by atoms with Crippen molar-refractivity contribution >= 4 is 0 Å². The van der Waals surface area contributed by atoms with Crippen LogP contribution in [0.4, 0.5) is 0 Å². The lowest BCUT2D eigenvalue weighted by Gasteiger charge is -2.20. The smallest absolute Gasteiger partial charge is 0.00355 e. The Morgan fingerprint density at radius 1 is 1.08 bits per heavy atom. The standard InChI is InChI=1S/C10H24N2/c1-10(2)12(3)9-7-5-4-6-8-11/h10H,4-9,11H2,1-3H3. The van der Waals surface area contributed by atoms with Crippen LogP contribution < -0.4 is 5.73 Å². The minimum Gasteiger partial charge on any atom is -0.330 e. The first-order valence-electron chi connectivity index (χ1n) is 5.08. The molecule has 0 rings (SSSR count). The molecule has 0 amide bonds. The van der Waals surface area contributed by atoms with Gasteiger partial charge in [-0.3, -0.25) is 0 Å². The van der Waals surface area contributed by atoms with Crippen molar-refractivity contribution in [2.24, 2.45) is 5.73 Å². The van der Waals surface area contributed by atoms with Gasteiger partial charge in [-0.2, -0.15) is 0 Å². The van der Waals surface area contributed by atoms with E-state index < -0.39 is 0 Å². The summed E-state index contributed by atoms with van der Waals surface area (Å²) in [5, 5.41) is 0. The summed E-state index contributed by atoms with van der Waals surface area (Å²) >= 11 is 0. The summed E-state index contributed by atoms with van der Waals surface area (Å²) in [4.78, 5) is 2.39. The first-order chi connectivity index (χ1) is 5.68. The molecule has 0 fully saturated rings. The molecule has 0 aliphatic heterocycles. The molecule has 0 heterocycles. The van der Waals surface area contributed by atoms with E-state index in [2.05, 4.69) is 25.8 Å². The van der Waals surface area contributed by atoms with Gasteiger partial charge in [-0.15, -0.1) is 0 Å². The van der Waals surface area contributed by atoms with Crippen LogP contribution in [0.25, 0.3) is 0 Å². The predicted molar refractivity (Wildman–Crippen MR) is 55.3 cm³/mol. The maximum Gasteiger partial charge on any atom is 0.00355 e. The Kier molecular flexibility index (Phi) is 7.51. The summed E-state index contributed by atoms with van der Waals surface area (Å²) in [5.74, 6) is 0. The van der Waals surface area contributed by atoms with Gasteiger partial charge in [0.15, 0.2) is 0 Å². The van der Waals surface area contributed by atoms with Crippen molar-refractivity contribution < 1.29 is 0 Å². The van der Waals surface area contributed by atoms with E-state index in [4.69, 9.17) is 5.73 Å². The lowest BCUT2D eigenvalue weighted by molar-refractivity contribution is 0.267. The van der Waals surface area contributed by atoms with Crippen LogP contribution in [0.15, 0.2) is 0 Å². The molecule has 0 aromatic rings. The molecule has 2 heteroatoms. The number of nitrogens with zero attached hydrogens (tertiary/aromatic N) is 1. The summed E-state index contributed by atoms with van der Waals surface area (Å²) in [6, 6.07) is 0.680. The fraction of sp³-hybridized carbons (Fsp3) is 1.00. The third-order valence-electron chi connectivity index (χ3n) is 2.35. The van der Waals surface area contributed by atoms with Gasteiger partial charge in [-0.1, -0.05) is 12.8 Å². The Labute approximate surface area is 77.1 Å². The van der Waals surface area contributed by atoms with E-state index in [1.54, 1.807) is 0 Å². The summed E-state index contributed by atoms with van der Waals surface area (Å²) in [7, 11) is 2.19. The maximum absolute atomic E-state index is 5.41. The van der Waals surface area contributed by atoms with E-state index in [1.165, 1.54) is 32.2 Å². The lowest BCUT2D eigenvalue weighted by Crippen LogP contribution is -2.27. The molecule has 0 saturated heterocycles. The lowest BCUT2D eigenvalue weighted by atomic mass is 10.2. The molecule has 2 N–H and O–H groups in total. The van der Waals surface area contributed by atoms with Crippen LogP contribution in [-0.4, -0.2) is 31.1 Å². The Morgan fingerprint density at radius 2 is 1.67 bits per heavy atom. The van der Waals surface area contributed by atoms with Crippen LogP contribution in [0.1, 0.15) is 39.5 Å². The van der Waals surface area contributed by atoms with Crippen molar-refractivity contribution in [1.82, 2.24) is 4.90 Å². The number of rotatable bonds is 7. The van der Waals surface area contributed by atoms with Gasteiger partial charge in [0, 0.05) is 6.04 Å². The predicted octanol–water partition coefficient (Wildman–Crippen LogP) is 1.85. The van der Waals surface area contributed by atoms with Crippen LogP contribution in [0, 0.1) is 0 Å². The second-order valence-electron chi connectivity index (χ2n) is 3.78. The van der Waals surface area contributed by atoms with Gasteiger partial charge < -0.3 is 10.6 Å². The fourth-order valence-corrected chi connectivity index (χ4v) is 1.12. The Bertz CT molecular complexity index is 91.8. The van der Waals surface area contributed by atoms with Crippen molar-refractivity contribution in [2.45, 2.75) is 45.6 Å². The fourth-order valence-electron chi connectivity index (χ4n) is 1.12. The Morgan fingerprint density at radius 3 is 2.17 bits per heavy atom. The molecule has 0 saturated carbocycles. The zero-order valence-electron chi connectivity index (χ0n) is 8.84. The second-order valence-corrected chi connectivity index (χ2v) is 3.78. The minimum atomic E-state index is 0.680.